The van der Waals surface area contributed by atoms with E-state index in [2.05, 4.69) is 11.9 Å². The fourth-order valence-electron chi connectivity index (χ4n) is 1.39. The molecule has 0 amide bonds. The van der Waals surface area contributed by atoms with E-state index >= 15 is 0 Å². The molecule has 0 aliphatic carbocycles. The summed E-state index contributed by atoms with van der Waals surface area (Å²) in [6.45, 7) is 2.55. The van der Waals surface area contributed by atoms with Crippen LogP contribution in [0.15, 0.2) is 12.3 Å². The number of halogens is 1. The second-order valence-electron chi connectivity index (χ2n) is 3.79. The molecule has 0 saturated carbocycles. The minimum atomic E-state index is -0.441. The average molecular weight is 257 g/mol. The summed E-state index contributed by atoms with van der Waals surface area (Å²) in [4.78, 5) is 15.4. The van der Waals surface area contributed by atoms with Crippen LogP contribution in [0.1, 0.15) is 43.0 Å². The number of rotatable bonds is 6. The van der Waals surface area contributed by atoms with E-state index in [1.165, 1.54) is 12.3 Å². The van der Waals surface area contributed by atoms with Crippen LogP contribution in [0.5, 0.6) is 0 Å². The maximum Gasteiger partial charge on any atom is 0.340 e. The van der Waals surface area contributed by atoms with E-state index in [-0.39, 0.29) is 16.4 Å². The lowest BCUT2D eigenvalue weighted by atomic mass is 10.2. The largest absolute Gasteiger partial charge is 0.462 e. The molecule has 2 N–H and O–H groups in total. The number of unbranched alkanes of at least 4 members (excludes halogenated alkanes) is 3. The maximum absolute atomic E-state index is 11.7. The summed E-state index contributed by atoms with van der Waals surface area (Å²) in [5.41, 5.74) is 6.18. The van der Waals surface area contributed by atoms with Crippen LogP contribution < -0.4 is 5.73 Å². The van der Waals surface area contributed by atoms with Crippen molar-refractivity contribution in [2.24, 2.45) is 0 Å². The van der Waals surface area contributed by atoms with Gasteiger partial charge in [0.25, 0.3) is 0 Å². The number of carbonyl (C=O) groups is 1. The van der Waals surface area contributed by atoms with Crippen molar-refractivity contribution in [3.8, 4) is 0 Å². The first-order chi connectivity index (χ1) is 8.15. The smallest absolute Gasteiger partial charge is 0.340 e. The van der Waals surface area contributed by atoms with E-state index in [1.54, 1.807) is 0 Å². The van der Waals surface area contributed by atoms with Gasteiger partial charge in [-0.25, -0.2) is 9.78 Å². The van der Waals surface area contributed by atoms with Gasteiger partial charge in [0, 0.05) is 0 Å². The number of nitrogens with two attached hydrogens (primary N) is 1. The molecule has 0 aromatic carbocycles. The third kappa shape index (κ3) is 4.61. The van der Waals surface area contributed by atoms with Gasteiger partial charge in [0.05, 0.1) is 24.1 Å². The molecule has 1 aromatic rings. The van der Waals surface area contributed by atoms with Crippen LogP contribution in [0.4, 0.5) is 5.69 Å². The Balaban J connectivity index is 2.44. The SMILES string of the molecule is CCCCCCOC(=O)c1cc(Cl)ncc1N. The summed E-state index contributed by atoms with van der Waals surface area (Å²) in [5, 5.41) is 0.233. The number of nitrogen functional groups attached to an aromatic ring is 1. The highest BCUT2D eigenvalue weighted by Crippen LogP contribution is 2.16. The molecule has 1 heterocycles. The van der Waals surface area contributed by atoms with E-state index in [4.69, 9.17) is 22.1 Å². The topological polar surface area (TPSA) is 65.2 Å². The van der Waals surface area contributed by atoms with Crippen molar-refractivity contribution >= 4 is 23.3 Å². The number of nitrogens with zero attached hydrogens (tertiary/aromatic N) is 1. The molecule has 0 fully saturated rings. The molecule has 1 rings (SSSR count). The van der Waals surface area contributed by atoms with Gasteiger partial charge in [-0.1, -0.05) is 37.8 Å². The van der Waals surface area contributed by atoms with Crippen LogP contribution in [-0.4, -0.2) is 17.6 Å². The van der Waals surface area contributed by atoms with Gasteiger partial charge in [0.2, 0.25) is 0 Å². The zero-order valence-corrected chi connectivity index (χ0v) is 10.7. The zero-order chi connectivity index (χ0) is 12.7. The highest BCUT2D eigenvalue weighted by Gasteiger charge is 2.12. The predicted molar refractivity (Wildman–Crippen MR) is 68.1 cm³/mol. The number of esters is 1. The summed E-state index contributed by atoms with van der Waals surface area (Å²) in [6, 6.07) is 1.42. The average Bonchev–Trinajstić information content (AvgIpc) is 2.32. The van der Waals surface area contributed by atoms with Crippen LogP contribution >= 0.6 is 11.6 Å². The van der Waals surface area contributed by atoms with E-state index in [9.17, 15) is 4.79 Å². The molecule has 0 aliphatic rings. The lowest BCUT2D eigenvalue weighted by Crippen LogP contribution is -2.09. The van der Waals surface area contributed by atoms with Gasteiger partial charge >= 0.3 is 5.97 Å². The van der Waals surface area contributed by atoms with E-state index < -0.39 is 5.97 Å². The van der Waals surface area contributed by atoms with Crippen molar-refractivity contribution in [2.75, 3.05) is 12.3 Å². The van der Waals surface area contributed by atoms with Gasteiger partial charge < -0.3 is 10.5 Å². The lowest BCUT2D eigenvalue weighted by Gasteiger charge is -2.06. The molecular formula is C12H17ClN2O2. The van der Waals surface area contributed by atoms with E-state index in [0.717, 1.165) is 25.7 Å². The summed E-state index contributed by atoms with van der Waals surface area (Å²) in [7, 11) is 0. The number of pyridine rings is 1. The Kier molecular flexibility index (Phi) is 5.77. The van der Waals surface area contributed by atoms with Gasteiger partial charge in [0.1, 0.15) is 5.15 Å². The molecule has 0 bridgehead atoms. The molecule has 0 radical (unpaired) electrons. The number of ether oxygens (including phenoxy) is 1. The summed E-state index contributed by atoms with van der Waals surface area (Å²) in [6.07, 6.45) is 5.60. The highest BCUT2D eigenvalue weighted by atomic mass is 35.5. The molecule has 4 nitrogen and oxygen atoms in total. The number of carbonyl (C=O) groups excluding carboxylic acids is 1. The summed E-state index contributed by atoms with van der Waals surface area (Å²) in [5.74, 6) is -0.441. The monoisotopic (exact) mass is 256 g/mol. The standard InChI is InChI=1S/C12H17ClN2O2/c1-2-3-4-5-6-17-12(16)9-7-11(13)15-8-10(9)14/h7-8H,2-6,14H2,1H3. The molecule has 0 unspecified atom stereocenters. The Morgan fingerprint density at radius 2 is 2.24 bits per heavy atom. The molecule has 0 saturated heterocycles. The van der Waals surface area contributed by atoms with Gasteiger partial charge in [-0.2, -0.15) is 0 Å². The Hall–Kier alpha value is -1.29. The van der Waals surface area contributed by atoms with E-state index in [0.29, 0.717) is 6.61 Å². The second-order valence-corrected chi connectivity index (χ2v) is 4.18. The molecule has 17 heavy (non-hydrogen) atoms. The number of anilines is 1. The predicted octanol–water partition coefficient (Wildman–Crippen LogP) is 3.05. The van der Waals surface area contributed by atoms with Crippen molar-refractivity contribution in [3.05, 3.63) is 23.0 Å². The Bertz CT molecular complexity index is 383. The minimum absolute atomic E-state index is 0.233. The van der Waals surface area contributed by atoms with Gasteiger partial charge in [0.15, 0.2) is 0 Å². The molecule has 94 valence electrons. The molecule has 1 aromatic heterocycles. The fraction of sp³-hybridized carbons (Fsp3) is 0.500. The Morgan fingerprint density at radius 1 is 1.47 bits per heavy atom. The fourth-order valence-corrected chi connectivity index (χ4v) is 1.55. The second kappa shape index (κ2) is 7.12. The van der Waals surface area contributed by atoms with Crippen LogP contribution in [-0.2, 0) is 4.74 Å². The van der Waals surface area contributed by atoms with Crippen LogP contribution in [0, 0.1) is 0 Å². The quantitative estimate of drug-likeness (QED) is 0.483. The normalized spacial score (nSPS) is 10.2. The van der Waals surface area contributed by atoms with Crippen molar-refractivity contribution in [2.45, 2.75) is 32.6 Å². The molecule has 0 spiro atoms. The van der Waals surface area contributed by atoms with Crippen molar-refractivity contribution < 1.29 is 9.53 Å². The molecule has 5 heteroatoms. The number of aromatic nitrogens is 1. The summed E-state index contributed by atoms with van der Waals surface area (Å²) >= 11 is 5.69. The first-order valence-corrected chi connectivity index (χ1v) is 6.11. The Labute approximate surface area is 106 Å². The first kappa shape index (κ1) is 13.8. The third-order valence-electron chi connectivity index (χ3n) is 2.35. The van der Waals surface area contributed by atoms with Crippen LogP contribution in [0.2, 0.25) is 5.15 Å². The van der Waals surface area contributed by atoms with Crippen LogP contribution in [0.3, 0.4) is 0 Å². The van der Waals surface area contributed by atoms with Crippen molar-refractivity contribution in [3.63, 3.8) is 0 Å². The third-order valence-corrected chi connectivity index (χ3v) is 2.56. The molecule has 0 atom stereocenters. The lowest BCUT2D eigenvalue weighted by molar-refractivity contribution is 0.0499. The summed E-state index contributed by atoms with van der Waals surface area (Å²) < 4.78 is 5.11. The van der Waals surface area contributed by atoms with Gasteiger partial charge in [-0.3, -0.25) is 0 Å². The Morgan fingerprint density at radius 3 is 2.94 bits per heavy atom. The zero-order valence-electron chi connectivity index (χ0n) is 9.91. The van der Waals surface area contributed by atoms with Crippen molar-refractivity contribution in [1.82, 2.24) is 4.98 Å². The van der Waals surface area contributed by atoms with E-state index in [1.807, 2.05) is 0 Å². The molecular weight excluding hydrogens is 240 g/mol. The van der Waals surface area contributed by atoms with Gasteiger partial charge in [-0.05, 0) is 12.5 Å². The van der Waals surface area contributed by atoms with Crippen molar-refractivity contribution in [1.29, 1.82) is 0 Å². The minimum Gasteiger partial charge on any atom is -0.462 e. The number of hydrogen-bond donors (Lipinski definition) is 1. The van der Waals surface area contributed by atoms with Crippen LogP contribution in [0.25, 0.3) is 0 Å². The number of hydrogen-bond acceptors (Lipinski definition) is 4. The van der Waals surface area contributed by atoms with Gasteiger partial charge in [-0.15, -0.1) is 0 Å². The molecule has 0 aliphatic heterocycles. The highest BCUT2D eigenvalue weighted by molar-refractivity contribution is 6.29. The first-order valence-electron chi connectivity index (χ1n) is 5.73. The maximum atomic E-state index is 11.7.